The molecule has 0 radical (unpaired) electrons. The maximum absolute atomic E-state index is 12.5. The normalized spacial score (nSPS) is 18.7. The third kappa shape index (κ3) is 2.80. The Labute approximate surface area is 113 Å². The fourth-order valence-electron chi connectivity index (χ4n) is 2.24. The van der Waals surface area contributed by atoms with Gasteiger partial charge in [-0.05, 0) is 38.5 Å². The van der Waals surface area contributed by atoms with E-state index in [0.717, 1.165) is 24.4 Å². The van der Waals surface area contributed by atoms with E-state index in [-0.39, 0.29) is 10.7 Å². The highest BCUT2D eigenvalue weighted by Crippen LogP contribution is 2.30. The summed E-state index contributed by atoms with van der Waals surface area (Å²) < 4.78 is 0.132. The van der Waals surface area contributed by atoms with Crippen molar-refractivity contribution >= 4 is 23.4 Å². The van der Waals surface area contributed by atoms with E-state index in [2.05, 4.69) is 13.8 Å². The van der Waals surface area contributed by atoms with Gasteiger partial charge in [0.05, 0.1) is 5.56 Å². The van der Waals surface area contributed by atoms with Crippen LogP contribution in [0.3, 0.4) is 0 Å². The van der Waals surface area contributed by atoms with Crippen LogP contribution >= 0.6 is 11.8 Å². The van der Waals surface area contributed by atoms with Crippen LogP contribution in [0.2, 0.25) is 0 Å². The van der Waals surface area contributed by atoms with Gasteiger partial charge in [0, 0.05) is 29.3 Å². The van der Waals surface area contributed by atoms with Gasteiger partial charge < -0.3 is 10.6 Å². The number of rotatable bonds is 1. The molecule has 0 spiro atoms. The number of nitrogen functional groups attached to an aromatic ring is 1. The topological polar surface area (TPSA) is 46.3 Å². The molecule has 1 aliphatic heterocycles. The molecule has 0 aromatic heterocycles. The van der Waals surface area contributed by atoms with E-state index in [1.54, 1.807) is 0 Å². The van der Waals surface area contributed by atoms with Crippen molar-refractivity contribution in [2.75, 3.05) is 24.6 Å². The number of anilines is 1. The maximum Gasteiger partial charge on any atom is 0.256 e. The minimum Gasteiger partial charge on any atom is -0.398 e. The number of amides is 1. The van der Waals surface area contributed by atoms with Crippen LogP contribution in [0.5, 0.6) is 0 Å². The first-order valence-corrected chi connectivity index (χ1v) is 7.17. The molecule has 1 aliphatic rings. The van der Waals surface area contributed by atoms with Gasteiger partial charge in [-0.1, -0.05) is 6.07 Å². The Morgan fingerprint density at radius 3 is 2.78 bits per heavy atom. The second-order valence-electron chi connectivity index (χ2n) is 5.43. The van der Waals surface area contributed by atoms with Gasteiger partial charge in [0.15, 0.2) is 0 Å². The number of benzene rings is 1. The quantitative estimate of drug-likeness (QED) is 0.793. The predicted molar refractivity (Wildman–Crippen MR) is 78.0 cm³/mol. The number of carbonyl (C=O) groups excluding carboxylic acids is 1. The molecule has 2 rings (SSSR count). The van der Waals surface area contributed by atoms with E-state index in [0.29, 0.717) is 11.3 Å². The molecule has 0 saturated carbocycles. The second kappa shape index (κ2) is 4.84. The summed E-state index contributed by atoms with van der Waals surface area (Å²) in [7, 11) is 0. The van der Waals surface area contributed by atoms with E-state index < -0.39 is 0 Å². The van der Waals surface area contributed by atoms with Crippen molar-refractivity contribution < 1.29 is 4.79 Å². The highest BCUT2D eigenvalue weighted by molar-refractivity contribution is 8.00. The molecule has 18 heavy (non-hydrogen) atoms. The van der Waals surface area contributed by atoms with Crippen molar-refractivity contribution in [3.8, 4) is 0 Å². The van der Waals surface area contributed by atoms with Crippen LogP contribution in [-0.4, -0.2) is 34.4 Å². The summed E-state index contributed by atoms with van der Waals surface area (Å²) in [6, 6.07) is 5.63. The zero-order chi connectivity index (χ0) is 13.3. The van der Waals surface area contributed by atoms with Crippen LogP contribution in [0.1, 0.15) is 29.8 Å². The largest absolute Gasteiger partial charge is 0.398 e. The molecule has 1 aromatic rings. The third-order valence-corrected chi connectivity index (χ3v) is 4.45. The van der Waals surface area contributed by atoms with Gasteiger partial charge in [-0.2, -0.15) is 11.8 Å². The molecule has 0 aliphatic carbocycles. The van der Waals surface area contributed by atoms with Gasteiger partial charge in [-0.3, -0.25) is 4.79 Å². The molecule has 98 valence electrons. The minimum absolute atomic E-state index is 0.0564. The second-order valence-corrected chi connectivity index (χ2v) is 7.23. The molecule has 1 heterocycles. The number of thioether (sulfide) groups is 1. The lowest BCUT2D eigenvalue weighted by molar-refractivity contribution is 0.0749. The Morgan fingerprint density at radius 1 is 1.44 bits per heavy atom. The summed E-state index contributed by atoms with van der Waals surface area (Å²) in [5.41, 5.74) is 8.23. The van der Waals surface area contributed by atoms with Crippen molar-refractivity contribution in [2.24, 2.45) is 0 Å². The van der Waals surface area contributed by atoms with Crippen molar-refractivity contribution in [1.82, 2.24) is 4.90 Å². The maximum atomic E-state index is 12.5. The van der Waals surface area contributed by atoms with Crippen molar-refractivity contribution in [1.29, 1.82) is 0 Å². The van der Waals surface area contributed by atoms with Crippen LogP contribution in [0.15, 0.2) is 18.2 Å². The van der Waals surface area contributed by atoms with E-state index >= 15 is 0 Å². The third-order valence-electron chi connectivity index (χ3n) is 3.15. The molecule has 0 bridgehead atoms. The molecule has 1 fully saturated rings. The molecule has 1 saturated heterocycles. The summed E-state index contributed by atoms with van der Waals surface area (Å²) in [4.78, 5) is 14.4. The van der Waals surface area contributed by atoms with E-state index in [4.69, 9.17) is 5.73 Å². The Hall–Kier alpha value is -1.16. The standard InChI is InChI=1S/C14H20N2OS/c1-10-4-5-11(12(15)8-10)13(17)16-6-7-18-14(2,3)9-16/h4-5,8H,6-7,9,15H2,1-3H3. The lowest BCUT2D eigenvalue weighted by Crippen LogP contribution is -2.46. The molecule has 0 atom stereocenters. The van der Waals surface area contributed by atoms with Crippen LogP contribution in [0.4, 0.5) is 5.69 Å². The minimum atomic E-state index is 0.0564. The summed E-state index contributed by atoms with van der Waals surface area (Å²) >= 11 is 1.92. The average molecular weight is 264 g/mol. The van der Waals surface area contributed by atoms with Crippen LogP contribution in [-0.2, 0) is 0 Å². The smallest absolute Gasteiger partial charge is 0.256 e. The Balaban J connectivity index is 2.20. The summed E-state index contributed by atoms with van der Waals surface area (Å²) in [5.74, 6) is 1.05. The summed E-state index contributed by atoms with van der Waals surface area (Å²) in [6.45, 7) is 7.92. The highest BCUT2D eigenvalue weighted by atomic mass is 32.2. The fourth-order valence-corrected chi connectivity index (χ4v) is 3.35. The summed E-state index contributed by atoms with van der Waals surface area (Å²) in [5, 5.41) is 0. The first-order chi connectivity index (χ1) is 8.39. The molecule has 0 unspecified atom stereocenters. The van der Waals surface area contributed by atoms with E-state index in [1.165, 1.54) is 0 Å². The lowest BCUT2D eigenvalue weighted by atomic mass is 10.1. The van der Waals surface area contributed by atoms with Gasteiger partial charge >= 0.3 is 0 Å². The van der Waals surface area contributed by atoms with Gasteiger partial charge in [-0.25, -0.2) is 0 Å². The number of nitrogens with two attached hydrogens (primary N) is 1. The summed E-state index contributed by atoms with van der Waals surface area (Å²) in [6.07, 6.45) is 0. The van der Waals surface area contributed by atoms with E-state index in [1.807, 2.05) is 41.8 Å². The Kier molecular flexibility index (Phi) is 3.57. The number of carbonyl (C=O) groups is 1. The Bertz CT molecular complexity index is 471. The van der Waals surface area contributed by atoms with Gasteiger partial charge in [0.1, 0.15) is 0 Å². The SMILES string of the molecule is Cc1ccc(C(=O)N2CCSC(C)(C)C2)c(N)c1. The van der Waals surface area contributed by atoms with Crippen LogP contribution in [0, 0.1) is 6.92 Å². The lowest BCUT2D eigenvalue weighted by Gasteiger charge is -2.37. The molecule has 3 nitrogen and oxygen atoms in total. The molecule has 1 amide bonds. The first kappa shape index (κ1) is 13.3. The molecular formula is C14H20N2OS. The number of aryl methyl sites for hydroxylation is 1. The number of hydrogen-bond donors (Lipinski definition) is 1. The monoisotopic (exact) mass is 264 g/mol. The van der Waals surface area contributed by atoms with Crippen LogP contribution in [0.25, 0.3) is 0 Å². The van der Waals surface area contributed by atoms with Gasteiger partial charge in [0.25, 0.3) is 5.91 Å². The van der Waals surface area contributed by atoms with Crippen molar-refractivity contribution in [2.45, 2.75) is 25.5 Å². The first-order valence-electron chi connectivity index (χ1n) is 6.18. The zero-order valence-corrected chi connectivity index (χ0v) is 12.0. The van der Waals surface area contributed by atoms with Gasteiger partial charge in [-0.15, -0.1) is 0 Å². The zero-order valence-electron chi connectivity index (χ0n) is 11.2. The highest BCUT2D eigenvalue weighted by Gasteiger charge is 2.30. The average Bonchev–Trinajstić information content (AvgIpc) is 2.27. The molecule has 1 aromatic carbocycles. The fraction of sp³-hybridized carbons (Fsp3) is 0.500. The van der Waals surface area contributed by atoms with Crippen molar-refractivity contribution in [3.63, 3.8) is 0 Å². The Morgan fingerprint density at radius 2 is 2.17 bits per heavy atom. The van der Waals surface area contributed by atoms with Crippen molar-refractivity contribution in [3.05, 3.63) is 29.3 Å². The number of nitrogens with zero attached hydrogens (tertiary/aromatic N) is 1. The van der Waals surface area contributed by atoms with Gasteiger partial charge in [0.2, 0.25) is 0 Å². The molecule has 4 heteroatoms. The molecule has 2 N–H and O–H groups in total. The van der Waals surface area contributed by atoms with Crippen LogP contribution < -0.4 is 5.73 Å². The molecular weight excluding hydrogens is 244 g/mol. The number of hydrogen-bond acceptors (Lipinski definition) is 3. The predicted octanol–water partition coefficient (Wildman–Crippen LogP) is 2.54. The van der Waals surface area contributed by atoms with E-state index in [9.17, 15) is 4.79 Å².